The fourth-order valence-electron chi connectivity index (χ4n) is 2.68. The second-order valence-corrected chi connectivity index (χ2v) is 6.92. The van der Waals surface area contributed by atoms with Crippen LogP contribution in [0.5, 0.6) is 0 Å². The average Bonchev–Trinajstić information content (AvgIpc) is 2.89. The number of aliphatic hydroxyl groups is 1. The van der Waals surface area contributed by atoms with Crippen molar-refractivity contribution >= 4 is 27.4 Å². The van der Waals surface area contributed by atoms with Crippen molar-refractivity contribution in [2.75, 3.05) is 11.9 Å². The Bertz CT molecular complexity index is 809. The van der Waals surface area contributed by atoms with Crippen LogP contribution in [0, 0.1) is 6.92 Å². The Morgan fingerprint density at radius 2 is 1.96 bits per heavy atom. The minimum absolute atomic E-state index is 0.424. The summed E-state index contributed by atoms with van der Waals surface area (Å²) in [6.07, 6.45) is 2.19. The fourth-order valence-corrected chi connectivity index (χ4v) is 3.69. The molecule has 1 unspecified atom stereocenters. The van der Waals surface area contributed by atoms with Gasteiger partial charge in [-0.2, -0.15) is 0 Å². The standard InChI is InChI=1S/C18H21N3OS/c1-4-13-5-7-14(8-6-13)15-12(3)23-18-16(15)17(20-10-21-18)19-9-11(2)22/h5-8,10-11,22H,4,9H2,1-3H3,(H,19,20,21). The summed E-state index contributed by atoms with van der Waals surface area (Å²) in [5.74, 6) is 0.787. The molecule has 0 saturated heterocycles. The maximum absolute atomic E-state index is 9.53. The van der Waals surface area contributed by atoms with Gasteiger partial charge in [0.05, 0.1) is 11.5 Å². The highest BCUT2D eigenvalue weighted by molar-refractivity contribution is 7.19. The number of aliphatic hydroxyl groups excluding tert-OH is 1. The van der Waals surface area contributed by atoms with Crippen molar-refractivity contribution in [1.29, 1.82) is 0 Å². The quantitative estimate of drug-likeness (QED) is 0.743. The highest BCUT2D eigenvalue weighted by Crippen LogP contribution is 2.40. The molecule has 0 aliphatic heterocycles. The van der Waals surface area contributed by atoms with E-state index in [0.29, 0.717) is 6.54 Å². The van der Waals surface area contributed by atoms with Crippen LogP contribution in [0.3, 0.4) is 0 Å². The summed E-state index contributed by atoms with van der Waals surface area (Å²) in [5, 5.41) is 13.8. The van der Waals surface area contributed by atoms with Crippen LogP contribution in [0.2, 0.25) is 0 Å². The van der Waals surface area contributed by atoms with E-state index >= 15 is 0 Å². The minimum Gasteiger partial charge on any atom is -0.392 e. The van der Waals surface area contributed by atoms with Crippen molar-refractivity contribution in [3.05, 3.63) is 41.0 Å². The maximum Gasteiger partial charge on any atom is 0.138 e. The molecule has 3 rings (SSSR count). The zero-order valence-electron chi connectivity index (χ0n) is 13.6. The Hall–Kier alpha value is -1.98. The van der Waals surface area contributed by atoms with Crippen molar-refractivity contribution in [3.63, 3.8) is 0 Å². The molecule has 0 fully saturated rings. The molecule has 0 bridgehead atoms. The smallest absolute Gasteiger partial charge is 0.138 e. The molecule has 0 amide bonds. The van der Waals surface area contributed by atoms with Crippen LogP contribution in [0.25, 0.3) is 21.3 Å². The van der Waals surface area contributed by atoms with Crippen molar-refractivity contribution in [2.45, 2.75) is 33.3 Å². The molecular formula is C18H21N3OS. The Labute approximate surface area is 140 Å². The molecule has 0 saturated carbocycles. The van der Waals surface area contributed by atoms with Gasteiger partial charge in [-0.05, 0) is 31.4 Å². The number of anilines is 1. The van der Waals surface area contributed by atoms with E-state index < -0.39 is 6.10 Å². The van der Waals surface area contributed by atoms with Gasteiger partial charge in [0.25, 0.3) is 0 Å². The van der Waals surface area contributed by atoms with Crippen molar-refractivity contribution in [3.8, 4) is 11.1 Å². The molecule has 0 aliphatic carbocycles. The van der Waals surface area contributed by atoms with E-state index in [0.717, 1.165) is 22.5 Å². The van der Waals surface area contributed by atoms with Gasteiger partial charge >= 0.3 is 0 Å². The number of rotatable bonds is 5. The number of nitrogens with one attached hydrogen (secondary N) is 1. The summed E-state index contributed by atoms with van der Waals surface area (Å²) in [6.45, 7) is 6.50. The number of nitrogens with zero attached hydrogens (tertiary/aromatic N) is 2. The summed E-state index contributed by atoms with van der Waals surface area (Å²) in [5.41, 5.74) is 3.69. The normalized spacial score (nSPS) is 12.5. The van der Waals surface area contributed by atoms with Crippen LogP contribution in [0.1, 0.15) is 24.3 Å². The first-order valence-electron chi connectivity index (χ1n) is 7.85. The van der Waals surface area contributed by atoms with Crippen LogP contribution in [-0.4, -0.2) is 27.7 Å². The Morgan fingerprint density at radius 3 is 2.61 bits per heavy atom. The van der Waals surface area contributed by atoms with Gasteiger partial charge in [0.1, 0.15) is 17.0 Å². The second kappa shape index (κ2) is 6.64. The third-order valence-corrected chi connectivity index (χ3v) is 4.89. The first-order valence-corrected chi connectivity index (χ1v) is 8.67. The molecule has 3 aromatic rings. The topological polar surface area (TPSA) is 58.0 Å². The van der Waals surface area contributed by atoms with E-state index in [9.17, 15) is 5.11 Å². The number of hydrogen-bond donors (Lipinski definition) is 2. The highest BCUT2D eigenvalue weighted by Gasteiger charge is 2.16. The highest BCUT2D eigenvalue weighted by atomic mass is 32.1. The van der Waals surface area contributed by atoms with Crippen LogP contribution in [0.15, 0.2) is 30.6 Å². The zero-order chi connectivity index (χ0) is 16.4. The van der Waals surface area contributed by atoms with E-state index in [1.807, 2.05) is 0 Å². The summed E-state index contributed by atoms with van der Waals surface area (Å²) >= 11 is 1.68. The van der Waals surface area contributed by atoms with Gasteiger partial charge in [-0.1, -0.05) is 31.2 Å². The molecule has 1 atom stereocenters. The lowest BCUT2D eigenvalue weighted by Crippen LogP contribution is -2.16. The lowest BCUT2D eigenvalue weighted by molar-refractivity contribution is 0.208. The molecule has 2 heterocycles. The van der Waals surface area contributed by atoms with Crippen LogP contribution < -0.4 is 5.32 Å². The molecule has 23 heavy (non-hydrogen) atoms. The largest absolute Gasteiger partial charge is 0.392 e. The lowest BCUT2D eigenvalue weighted by Gasteiger charge is -2.10. The van der Waals surface area contributed by atoms with Gasteiger partial charge < -0.3 is 10.4 Å². The molecule has 4 nitrogen and oxygen atoms in total. The Kier molecular flexibility index (Phi) is 4.59. The van der Waals surface area contributed by atoms with Gasteiger partial charge in [0.2, 0.25) is 0 Å². The molecule has 0 spiro atoms. The molecule has 120 valence electrons. The first-order chi connectivity index (χ1) is 11.1. The predicted octanol–water partition coefficient (Wildman–Crippen LogP) is 4.02. The van der Waals surface area contributed by atoms with E-state index in [4.69, 9.17) is 0 Å². The first kappa shape index (κ1) is 15.9. The fraction of sp³-hybridized carbons (Fsp3) is 0.333. The Morgan fingerprint density at radius 1 is 1.22 bits per heavy atom. The number of fused-ring (bicyclic) bond motifs is 1. The monoisotopic (exact) mass is 327 g/mol. The van der Waals surface area contributed by atoms with Crippen molar-refractivity contribution < 1.29 is 5.11 Å². The molecule has 0 radical (unpaired) electrons. The number of benzene rings is 1. The maximum atomic E-state index is 9.53. The van der Waals surface area contributed by atoms with Gasteiger partial charge in [-0.15, -0.1) is 11.3 Å². The van der Waals surface area contributed by atoms with Crippen LogP contribution in [0.4, 0.5) is 5.82 Å². The molecule has 2 aromatic heterocycles. The SMILES string of the molecule is CCc1ccc(-c2c(C)sc3ncnc(NCC(C)O)c23)cc1. The molecule has 5 heteroatoms. The third-order valence-electron chi connectivity index (χ3n) is 3.88. The van der Waals surface area contributed by atoms with Gasteiger partial charge in [0.15, 0.2) is 0 Å². The van der Waals surface area contributed by atoms with Gasteiger partial charge in [0, 0.05) is 17.0 Å². The van der Waals surface area contributed by atoms with E-state index in [1.54, 1.807) is 24.6 Å². The second-order valence-electron chi connectivity index (χ2n) is 5.72. The third kappa shape index (κ3) is 3.21. The number of aryl methyl sites for hydroxylation is 2. The molecular weight excluding hydrogens is 306 g/mol. The number of hydrogen-bond acceptors (Lipinski definition) is 5. The number of aromatic nitrogens is 2. The number of thiophene rings is 1. The van der Waals surface area contributed by atoms with E-state index in [1.165, 1.54) is 21.6 Å². The average molecular weight is 327 g/mol. The molecule has 1 aromatic carbocycles. The zero-order valence-corrected chi connectivity index (χ0v) is 14.4. The molecule has 0 aliphatic rings. The molecule has 2 N–H and O–H groups in total. The van der Waals surface area contributed by atoms with Crippen LogP contribution >= 0.6 is 11.3 Å². The van der Waals surface area contributed by atoms with Crippen molar-refractivity contribution in [1.82, 2.24) is 9.97 Å². The van der Waals surface area contributed by atoms with E-state index in [2.05, 4.69) is 53.4 Å². The summed E-state index contributed by atoms with van der Waals surface area (Å²) in [6, 6.07) is 8.67. The Balaban J connectivity index is 2.12. The summed E-state index contributed by atoms with van der Waals surface area (Å²) in [4.78, 5) is 11.0. The van der Waals surface area contributed by atoms with E-state index in [-0.39, 0.29) is 0 Å². The van der Waals surface area contributed by atoms with Gasteiger partial charge in [-0.25, -0.2) is 9.97 Å². The predicted molar refractivity (Wildman–Crippen MR) is 97.1 cm³/mol. The van der Waals surface area contributed by atoms with Crippen molar-refractivity contribution in [2.24, 2.45) is 0 Å². The lowest BCUT2D eigenvalue weighted by atomic mass is 10.0. The van der Waals surface area contributed by atoms with Crippen LogP contribution in [-0.2, 0) is 6.42 Å². The summed E-state index contributed by atoms with van der Waals surface area (Å²) in [7, 11) is 0. The van der Waals surface area contributed by atoms with Gasteiger partial charge in [-0.3, -0.25) is 0 Å². The summed E-state index contributed by atoms with van der Waals surface area (Å²) < 4.78 is 0. The minimum atomic E-state index is -0.424.